The first-order valence-electron chi connectivity index (χ1n) is 14.0. The van der Waals surface area contributed by atoms with Crippen LogP contribution in [0.15, 0.2) is 18.2 Å². The number of aryl methyl sites for hydroxylation is 4. The molecule has 4 aromatic rings. The normalized spacial score (nSPS) is 13.1. The Balaban J connectivity index is 1.65. The van der Waals surface area contributed by atoms with Crippen molar-refractivity contribution in [1.29, 1.82) is 0 Å². The SMILES string of the molecule is COC(=O)CCn1c(C(=O)OC)c(C)c2c(-c3c(CN(C)Cc4cc(CO)n(C)n4)nn4c3CCCC4)c(Cl)ccc21. The second-order valence-electron chi connectivity index (χ2n) is 10.8. The summed E-state index contributed by atoms with van der Waals surface area (Å²) in [5.41, 5.74) is 7.35. The van der Waals surface area contributed by atoms with Crippen molar-refractivity contribution in [3.8, 4) is 11.1 Å². The highest BCUT2D eigenvalue weighted by atomic mass is 35.5. The quantitative estimate of drug-likeness (QED) is 0.273. The number of carbonyl (C=O) groups excluding carboxylic acids is 2. The van der Waals surface area contributed by atoms with Gasteiger partial charge in [0.05, 0.1) is 44.3 Å². The molecule has 0 saturated heterocycles. The molecular formula is C30H37ClN6O5. The number of hydrogen-bond donors (Lipinski definition) is 1. The van der Waals surface area contributed by atoms with Gasteiger partial charge < -0.3 is 19.1 Å². The molecule has 0 atom stereocenters. The molecular weight excluding hydrogens is 560 g/mol. The van der Waals surface area contributed by atoms with E-state index < -0.39 is 5.97 Å². The van der Waals surface area contributed by atoms with E-state index in [1.807, 2.05) is 43.8 Å². The number of methoxy groups -OCH3 is 2. The molecule has 42 heavy (non-hydrogen) atoms. The first-order valence-corrected chi connectivity index (χ1v) is 14.4. The summed E-state index contributed by atoms with van der Waals surface area (Å²) >= 11 is 7.02. The number of carbonyl (C=O) groups is 2. The lowest BCUT2D eigenvalue weighted by atomic mass is 9.94. The first-order chi connectivity index (χ1) is 20.2. The standard InChI is InChI=1S/C30H37ClN6O5/c1-18-26-23(36(13-11-25(39)41-4)29(18)30(40)42-5)10-9-21(31)27(26)28-22(33-37-12-7-6-8-24(28)37)16-34(2)15-19-14-20(17-38)35(3)32-19/h9-10,14,38H,6-8,11-13,15-17H2,1-5H3. The van der Waals surface area contributed by atoms with Crippen LogP contribution in [0.2, 0.25) is 5.02 Å². The van der Waals surface area contributed by atoms with E-state index in [0.29, 0.717) is 23.8 Å². The van der Waals surface area contributed by atoms with Crippen LogP contribution in [0.4, 0.5) is 0 Å². The van der Waals surface area contributed by atoms with E-state index in [9.17, 15) is 14.7 Å². The Hall–Kier alpha value is -3.67. The molecule has 1 aromatic carbocycles. The van der Waals surface area contributed by atoms with Crippen molar-refractivity contribution in [2.75, 3.05) is 21.3 Å². The van der Waals surface area contributed by atoms with Crippen LogP contribution in [0.25, 0.3) is 22.0 Å². The third kappa shape index (κ3) is 5.44. The predicted octanol–water partition coefficient (Wildman–Crippen LogP) is 4.01. The molecule has 12 heteroatoms. The van der Waals surface area contributed by atoms with Crippen LogP contribution < -0.4 is 0 Å². The van der Waals surface area contributed by atoms with Gasteiger partial charge in [0.15, 0.2) is 0 Å². The molecule has 3 aromatic heterocycles. The molecule has 0 fully saturated rings. The number of fused-ring (bicyclic) bond motifs is 2. The summed E-state index contributed by atoms with van der Waals surface area (Å²) in [5, 5.41) is 20.6. The summed E-state index contributed by atoms with van der Waals surface area (Å²) in [7, 11) is 6.54. The Morgan fingerprint density at radius 2 is 1.90 bits per heavy atom. The van der Waals surface area contributed by atoms with Gasteiger partial charge in [-0.2, -0.15) is 10.2 Å². The molecule has 0 amide bonds. The molecule has 0 aliphatic carbocycles. The number of nitrogens with zero attached hydrogens (tertiary/aromatic N) is 6. The van der Waals surface area contributed by atoms with Gasteiger partial charge in [0.25, 0.3) is 0 Å². The van der Waals surface area contributed by atoms with Crippen LogP contribution >= 0.6 is 11.6 Å². The highest BCUT2D eigenvalue weighted by Gasteiger charge is 2.30. The van der Waals surface area contributed by atoms with Crippen LogP contribution in [-0.4, -0.2) is 67.3 Å². The molecule has 1 aliphatic rings. The third-order valence-electron chi connectivity index (χ3n) is 8.02. The number of halogens is 1. The van der Waals surface area contributed by atoms with Gasteiger partial charge in [0.1, 0.15) is 5.69 Å². The van der Waals surface area contributed by atoms with Crippen molar-refractivity contribution in [2.24, 2.45) is 7.05 Å². The Bertz CT molecular complexity index is 1650. The van der Waals surface area contributed by atoms with Gasteiger partial charge in [-0.15, -0.1) is 0 Å². The fourth-order valence-corrected chi connectivity index (χ4v) is 6.33. The van der Waals surface area contributed by atoms with Crippen molar-refractivity contribution in [1.82, 2.24) is 29.0 Å². The van der Waals surface area contributed by atoms with E-state index >= 15 is 0 Å². The van der Waals surface area contributed by atoms with Crippen LogP contribution in [-0.2, 0) is 60.5 Å². The van der Waals surface area contributed by atoms with E-state index in [0.717, 1.165) is 76.2 Å². The maximum atomic E-state index is 13.0. The molecule has 5 rings (SSSR count). The summed E-state index contributed by atoms with van der Waals surface area (Å²) in [6, 6.07) is 5.64. The number of benzene rings is 1. The number of ether oxygens (including phenoxy) is 2. The highest BCUT2D eigenvalue weighted by molar-refractivity contribution is 6.35. The number of hydrogen-bond acceptors (Lipinski definition) is 8. The minimum Gasteiger partial charge on any atom is -0.469 e. The van der Waals surface area contributed by atoms with Gasteiger partial charge in [-0.3, -0.25) is 19.1 Å². The third-order valence-corrected chi connectivity index (χ3v) is 8.34. The Morgan fingerprint density at radius 3 is 2.60 bits per heavy atom. The van der Waals surface area contributed by atoms with Crippen molar-refractivity contribution >= 4 is 34.4 Å². The Morgan fingerprint density at radius 1 is 1.12 bits per heavy atom. The van der Waals surface area contributed by atoms with Gasteiger partial charge in [-0.05, 0) is 57.0 Å². The van der Waals surface area contributed by atoms with Crippen LogP contribution in [0.1, 0.15) is 58.1 Å². The molecule has 11 nitrogen and oxygen atoms in total. The summed E-state index contributed by atoms with van der Waals surface area (Å²) in [4.78, 5) is 27.2. The zero-order valence-electron chi connectivity index (χ0n) is 24.7. The zero-order valence-corrected chi connectivity index (χ0v) is 25.5. The monoisotopic (exact) mass is 596 g/mol. The number of aliphatic hydroxyl groups is 1. The molecule has 1 N–H and O–H groups in total. The van der Waals surface area contributed by atoms with E-state index in [-0.39, 0.29) is 25.5 Å². The largest absolute Gasteiger partial charge is 0.469 e. The smallest absolute Gasteiger partial charge is 0.354 e. The number of rotatable bonds is 10. The van der Waals surface area contributed by atoms with Gasteiger partial charge in [-0.1, -0.05) is 11.6 Å². The van der Waals surface area contributed by atoms with Crippen molar-refractivity contribution in [2.45, 2.75) is 65.4 Å². The molecule has 0 unspecified atom stereocenters. The number of esters is 2. The highest BCUT2D eigenvalue weighted by Crippen LogP contribution is 2.44. The lowest BCUT2D eigenvalue weighted by molar-refractivity contribution is -0.140. The van der Waals surface area contributed by atoms with Crippen molar-refractivity contribution in [3.05, 3.63) is 57.3 Å². The van der Waals surface area contributed by atoms with Gasteiger partial charge in [0.2, 0.25) is 0 Å². The van der Waals surface area contributed by atoms with Crippen LogP contribution in [0.5, 0.6) is 0 Å². The number of aliphatic hydroxyl groups excluding tert-OH is 1. The van der Waals surface area contributed by atoms with Crippen LogP contribution in [0, 0.1) is 6.92 Å². The topological polar surface area (TPSA) is 117 Å². The minimum absolute atomic E-state index is 0.0696. The van der Waals surface area contributed by atoms with Gasteiger partial charge >= 0.3 is 11.9 Å². The summed E-state index contributed by atoms with van der Waals surface area (Å²) in [6.07, 6.45) is 3.07. The lowest BCUT2D eigenvalue weighted by Crippen LogP contribution is -2.18. The molecule has 224 valence electrons. The minimum atomic E-state index is -0.481. The molecule has 0 saturated carbocycles. The zero-order chi connectivity index (χ0) is 30.1. The van der Waals surface area contributed by atoms with E-state index in [2.05, 4.69) is 14.7 Å². The molecule has 1 aliphatic heterocycles. The molecule has 4 heterocycles. The fraction of sp³-hybridized carbons (Fsp3) is 0.467. The molecule has 0 bridgehead atoms. The van der Waals surface area contributed by atoms with E-state index in [1.54, 1.807) is 4.68 Å². The van der Waals surface area contributed by atoms with Crippen LogP contribution in [0.3, 0.4) is 0 Å². The Labute approximate surface area is 249 Å². The van der Waals surface area contributed by atoms with Gasteiger partial charge in [0, 0.05) is 66.0 Å². The van der Waals surface area contributed by atoms with Crippen molar-refractivity contribution < 1.29 is 24.2 Å². The summed E-state index contributed by atoms with van der Waals surface area (Å²) in [6.45, 7) is 4.02. The second-order valence-corrected chi connectivity index (χ2v) is 11.2. The Kier molecular flexibility index (Phi) is 8.72. The maximum Gasteiger partial charge on any atom is 0.354 e. The number of aromatic nitrogens is 5. The second kappa shape index (κ2) is 12.3. The lowest BCUT2D eigenvalue weighted by Gasteiger charge is -2.18. The maximum absolute atomic E-state index is 13.0. The predicted molar refractivity (Wildman–Crippen MR) is 158 cm³/mol. The average molecular weight is 597 g/mol. The van der Waals surface area contributed by atoms with E-state index in [1.165, 1.54) is 14.2 Å². The summed E-state index contributed by atoms with van der Waals surface area (Å²) < 4.78 is 15.6. The average Bonchev–Trinajstić information content (AvgIpc) is 3.61. The van der Waals surface area contributed by atoms with Crippen molar-refractivity contribution in [3.63, 3.8) is 0 Å². The summed E-state index contributed by atoms with van der Waals surface area (Å²) in [5.74, 6) is -0.847. The molecule has 0 radical (unpaired) electrons. The fourth-order valence-electron chi connectivity index (χ4n) is 6.08. The van der Waals surface area contributed by atoms with E-state index in [4.69, 9.17) is 26.2 Å². The molecule has 0 spiro atoms. The van der Waals surface area contributed by atoms with Gasteiger partial charge in [-0.25, -0.2) is 4.79 Å². The first kappa shape index (κ1) is 29.8.